The van der Waals surface area contributed by atoms with E-state index in [0.717, 1.165) is 29.9 Å². The Hall–Kier alpha value is -2.48. The molecular weight excluding hydrogens is 379 g/mol. The average Bonchev–Trinajstić information content (AvgIpc) is 2.88. The summed E-state index contributed by atoms with van der Waals surface area (Å²) in [6.07, 6.45) is 3.10. The number of anilines is 1. The van der Waals surface area contributed by atoms with E-state index in [1.165, 1.54) is 6.07 Å². The molecule has 1 saturated carbocycles. The second-order valence-electron chi connectivity index (χ2n) is 6.59. The fraction of sp³-hybridized carbons (Fsp3) is 0.444. The summed E-state index contributed by atoms with van der Waals surface area (Å²) in [5.41, 5.74) is 0.174. The number of likely N-dealkylation sites (tertiary alicyclic amines) is 1. The number of amides is 3. The lowest BCUT2D eigenvalue weighted by atomic mass is 9.81. The second kappa shape index (κ2) is 8.04. The van der Waals surface area contributed by atoms with Gasteiger partial charge in [0.1, 0.15) is 12.4 Å². The first kappa shape index (κ1) is 19.3. The maximum Gasteiger partial charge on any atom is 0.326 e. The summed E-state index contributed by atoms with van der Waals surface area (Å²) in [4.78, 5) is 49.3. The van der Waals surface area contributed by atoms with Gasteiger partial charge in [-0.25, -0.2) is 4.39 Å². The number of carbonyl (C=O) groups is 4. The highest BCUT2D eigenvalue weighted by molar-refractivity contribution is 6.33. The predicted molar refractivity (Wildman–Crippen MR) is 93.2 cm³/mol. The van der Waals surface area contributed by atoms with Crippen molar-refractivity contribution >= 4 is 41.0 Å². The van der Waals surface area contributed by atoms with Gasteiger partial charge in [0.15, 0.2) is 6.61 Å². The highest BCUT2D eigenvalue weighted by Gasteiger charge is 2.48. The summed E-state index contributed by atoms with van der Waals surface area (Å²) in [6, 6.07) is 3.44. The van der Waals surface area contributed by atoms with Crippen LogP contribution in [-0.2, 0) is 23.9 Å². The number of hydrogen-bond acceptors (Lipinski definition) is 5. The molecule has 0 aromatic heterocycles. The molecule has 0 bridgehead atoms. The van der Waals surface area contributed by atoms with E-state index >= 15 is 0 Å². The van der Waals surface area contributed by atoms with Gasteiger partial charge in [-0.3, -0.25) is 24.1 Å². The lowest BCUT2D eigenvalue weighted by Crippen LogP contribution is -2.37. The number of hydrogen-bond donors (Lipinski definition) is 1. The van der Waals surface area contributed by atoms with Gasteiger partial charge in [-0.05, 0) is 31.0 Å². The van der Waals surface area contributed by atoms with Crippen LogP contribution in [0.1, 0.15) is 25.7 Å². The van der Waals surface area contributed by atoms with Gasteiger partial charge < -0.3 is 10.1 Å². The van der Waals surface area contributed by atoms with Crippen molar-refractivity contribution in [1.29, 1.82) is 0 Å². The molecule has 9 heteroatoms. The minimum atomic E-state index is -0.851. The van der Waals surface area contributed by atoms with Crippen LogP contribution in [0.25, 0.3) is 0 Å². The van der Waals surface area contributed by atoms with E-state index in [4.69, 9.17) is 16.3 Å². The molecule has 0 radical (unpaired) electrons. The van der Waals surface area contributed by atoms with Crippen LogP contribution in [0.5, 0.6) is 0 Å². The number of nitrogens with zero attached hydrogens (tertiary/aromatic N) is 1. The van der Waals surface area contributed by atoms with E-state index in [2.05, 4.69) is 5.32 Å². The molecule has 2 fully saturated rings. The van der Waals surface area contributed by atoms with Gasteiger partial charge in [0, 0.05) is 0 Å². The number of rotatable bonds is 5. The maximum atomic E-state index is 13.0. The Morgan fingerprint density at radius 2 is 1.81 bits per heavy atom. The molecule has 3 amide bonds. The van der Waals surface area contributed by atoms with Crippen LogP contribution in [0.3, 0.4) is 0 Å². The van der Waals surface area contributed by atoms with E-state index in [1.807, 2.05) is 0 Å². The summed E-state index contributed by atoms with van der Waals surface area (Å²) in [5.74, 6) is -3.45. The van der Waals surface area contributed by atoms with Crippen LogP contribution in [-0.4, -0.2) is 41.7 Å². The van der Waals surface area contributed by atoms with Crippen molar-refractivity contribution in [3.05, 3.63) is 29.0 Å². The van der Waals surface area contributed by atoms with Crippen molar-refractivity contribution in [2.75, 3.05) is 18.5 Å². The van der Waals surface area contributed by atoms with Crippen molar-refractivity contribution in [2.45, 2.75) is 25.7 Å². The highest BCUT2D eigenvalue weighted by atomic mass is 35.5. The quantitative estimate of drug-likeness (QED) is 0.608. The lowest BCUT2D eigenvalue weighted by molar-refractivity contribution is -0.154. The molecule has 144 valence electrons. The first-order valence-corrected chi connectivity index (χ1v) is 9.00. The van der Waals surface area contributed by atoms with E-state index in [1.54, 1.807) is 0 Å². The number of esters is 1. The SMILES string of the molecule is O=C(COC(=O)CN1C(=O)[C@H]2CCCC[C@H]2C1=O)Nc1ccc(F)cc1Cl. The van der Waals surface area contributed by atoms with Crippen molar-refractivity contribution in [3.8, 4) is 0 Å². The number of carbonyl (C=O) groups excluding carboxylic acids is 4. The Bertz CT molecular complexity index is 776. The number of ether oxygens (including phenoxy) is 1. The first-order valence-electron chi connectivity index (χ1n) is 8.62. The Morgan fingerprint density at radius 3 is 2.41 bits per heavy atom. The molecule has 1 saturated heterocycles. The largest absolute Gasteiger partial charge is 0.454 e. The van der Waals surface area contributed by atoms with Gasteiger partial charge in [-0.1, -0.05) is 24.4 Å². The molecular formula is C18H18ClFN2O5. The molecule has 0 spiro atoms. The van der Waals surface area contributed by atoms with Gasteiger partial charge in [-0.15, -0.1) is 0 Å². The second-order valence-corrected chi connectivity index (χ2v) is 7.00. The van der Waals surface area contributed by atoms with Crippen LogP contribution in [0.15, 0.2) is 18.2 Å². The molecule has 0 unspecified atom stereocenters. The molecule has 2 aliphatic rings. The van der Waals surface area contributed by atoms with E-state index in [-0.39, 0.29) is 34.4 Å². The molecule has 1 aromatic rings. The number of nitrogens with one attached hydrogen (secondary N) is 1. The fourth-order valence-corrected chi connectivity index (χ4v) is 3.70. The molecule has 3 rings (SSSR count). The third-order valence-corrected chi connectivity index (χ3v) is 5.10. The van der Waals surface area contributed by atoms with E-state index in [0.29, 0.717) is 12.8 Å². The number of halogens is 2. The molecule has 1 aliphatic heterocycles. The predicted octanol–water partition coefficient (Wildman–Crippen LogP) is 2.14. The van der Waals surface area contributed by atoms with Crippen molar-refractivity contribution in [1.82, 2.24) is 4.90 Å². The Kier molecular flexibility index (Phi) is 5.74. The molecule has 1 N–H and O–H groups in total. The normalized spacial score (nSPS) is 21.8. The summed E-state index contributed by atoms with van der Waals surface area (Å²) in [6.45, 7) is -1.12. The Morgan fingerprint density at radius 1 is 1.19 bits per heavy atom. The minimum Gasteiger partial charge on any atom is -0.454 e. The number of benzene rings is 1. The minimum absolute atomic E-state index is 0.00513. The monoisotopic (exact) mass is 396 g/mol. The summed E-state index contributed by atoms with van der Waals surface area (Å²) in [5, 5.41) is 2.39. The standard InChI is InChI=1S/C18H18ClFN2O5/c19-13-7-10(20)5-6-14(13)21-15(23)9-27-16(24)8-22-17(25)11-3-1-2-4-12(11)18(22)26/h5-7,11-12H,1-4,8-9H2,(H,21,23)/t11-,12+. The molecule has 2 atom stereocenters. The fourth-order valence-electron chi connectivity index (χ4n) is 3.48. The van der Waals surface area contributed by atoms with Crippen LogP contribution in [0.4, 0.5) is 10.1 Å². The topological polar surface area (TPSA) is 92.8 Å². The van der Waals surface area contributed by atoms with Gasteiger partial charge in [-0.2, -0.15) is 0 Å². The van der Waals surface area contributed by atoms with Crippen LogP contribution in [0, 0.1) is 17.7 Å². The third kappa shape index (κ3) is 4.27. The van der Waals surface area contributed by atoms with Gasteiger partial charge in [0.2, 0.25) is 11.8 Å². The van der Waals surface area contributed by atoms with Crippen molar-refractivity contribution in [2.24, 2.45) is 11.8 Å². The molecule has 1 aromatic carbocycles. The molecule has 7 nitrogen and oxygen atoms in total. The molecule has 1 heterocycles. The zero-order chi connectivity index (χ0) is 19.6. The smallest absolute Gasteiger partial charge is 0.326 e. The van der Waals surface area contributed by atoms with Gasteiger partial charge in [0.25, 0.3) is 5.91 Å². The summed E-state index contributed by atoms with van der Waals surface area (Å²) >= 11 is 5.80. The summed E-state index contributed by atoms with van der Waals surface area (Å²) in [7, 11) is 0. The van der Waals surface area contributed by atoms with Crippen LogP contribution >= 0.6 is 11.6 Å². The van der Waals surface area contributed by atoms with E-state index in [9.17, 15) is 23.6 Å². The van der Waals surface area contributed by atoms with Gasteiger partial charge in [0.05, 0.1) is 22.5 Å². The zero-order valence-electron chi connectivity index (χ0n) is 14.4. The maximum absolute atomic E-state index is 13.0. The van der Waals surface area contributed by atoms with Crippen LogP contribution in [0.2, 0.25) is 5.02 Å². The number of imide groups is 1. The van der Waals surface area contributed by atoms with Crippen LogP contribution < -0.4 is 5.32 Å². The highest BCUT2D eigenvalue weighted by Crippen LogP contribution is 2.37. The zero-order valence-corrected chi connectivity index (χ0v) is 15.1. The Balaban J connectivity index is 1.50. The van der Waals surface area contributed by atoms with Crippen molar-refractivity contribution < 1.29 is 28.3 Å². The number of fused-ring (bicyclic) bond motifs is 1. The first-order chi connectivity index (χ1) is 12.9. The van der Waals surface area contributed by atoms with Gasteiger partial charge >= 0.3 is 5.97 Å². The lowest BCUT2D eigenvalue weighted by Gasteiger charge is -2.19. The van der Waals surface area contributed by atoms with E-state index < -0.39 is 30.8 Å². The molecule has 1 aliphatic carbocycles. The third-order valence-electron chi connectivity index (χ3n) is 4.79. The average molecular weight is 397 g/mol. The summed E-state index contributed by atoms with van der Waals surface area (Å²) < 4.78 is 17.8. The van der Waals surface area contributed by atoms with Crippen molar-refractivity contribution in [3.63, 3.8) is 0 Å². The molecule has 27 heavy (non-hydrogen) atoms. The Labute approximate surface area is 159 Å².